The highest BCUT2D eigenvalue weighted by molar-refractivity contribution is 5.56. The topological polar surface area (TPSA) is 51.0 Å². The molecule has 1 aromatic carbocycles. The average Bonchev–Trinajstić information content (AvgIpc) is 3.10. The smallest absolute Gasteiger partial charge is 0.416 e. The highest BCUT2D eigenvalue weighted by Gasteiger charge is 2.36. The lowest BCUT2D eigenvalue weighted by Gasteiger charge is -2.17. The molecule has 106 valence electrons. The van der Waals surface area contributed by atoms with E-state index < -0.39 is 11.7 Å². The summed E-state index contributed by atoms with van der Waals surface area (Å²) in [7, 11) is 0. The third-order valence-electron chi connectivity index (χ3n) is 3.47. The van der Waals surface area contributed by atoms with Gasteiger partial charge in [0.1, 0.15) is 0 Å². The van der Waals surface area contributed by atoms with Gasteiger partial charge in [-0.15, -0.1) is 10.2 Å². The molecule has 1 unspecified atom stereocenters. The zero-order chi connectivity index (χ0) is 14.2. The number of nitrogens with one attached hydrogen (secondary N) is 1. The minimum Gasteiger partial charge on any atom is -0.423 e. The first-order valence-electron chi connectivity index (χ1n) is 6.24. The first kappa shape index (κ1) is 13.1. The fourth-order valence-electron chi connectivity index (χ4n) is 2.51. The van der Waals surface area contributed by atoms with E-state index in [0.29, 0.717) is 18.5 Å². The second kappa shape index (κ2) is 4.90. The molecular weight excluding hydrogens is 271 g/mol. The Labute approximate surface area is 113 Å². The second-order valence-corrected chi connectivity index (χ2v) is 4.73. The monoisotopic (exact) mass is 283 g/mol. The Bertz CT molecular complexity index is 589. The van der Waals surface area contributed by atoms with E-state index in [0.717, 1.165) is 19.0 Å². The number of hydrogen-bond acceptors (Lipinski definition) is 4. The van der Waals surface area contributed by atoms with Crippen LogP contribution in [0.1, 0.15) is 23.5 Å². The van der Waals surface area contributed by atoms with E-state index in [-0.39, 0.29) is 17.4 Å². The molecule has 1 atom stereocenters. The van der Waals surface area contributed by atoms with E-state index in [1.807, 2.05) is 0 Å². The van der Waals surface area contributed by atoms with Crippen molar-refractivity contribution >= 4 is 0 Å². The lowest BCUT2D eigenvalue weighted by molar-refractivity contribution is -0.138. The summed E-state index contributed by atoms with van der Waals surface area (Å²) < 4.78 is 44.7. The molecule has 0 spiro atoms. The Morgan fingerprint density at radius 1 is 1.30 bits per heavy atom. The lowest BCUT2D eigenvalue weighted by atomic mass is 9.91. The Morgan fingerprint density at radius 2 is 2.15 bits per heavy atom. The Kier molecular flexibility index (Phi) is 3.21. The highest BCUT2D eigenvalue weighted by Crippen LogP contribution is 2.38. The maximum absolute atomic E-state index is 13.2. The van der Waals surface area contributed by atoms with Gasteiger partial charge in [0.15, 0.2) is 0 Å². The third kappa shape index (κ3) is 2.40. The van der Waals surface area contributed by atoms with Crippen molar-refractivity contribution in [2.24, 2.45) is 0 Å². The standard InChI is InChI=1S/C13H12F3N3O/c14-13(15,16)11-5-8(12-19-18-7-20-12)1-2-10(11)9-3-4-17-6-9/h1-2,5,7,9,17H,3-4,6H2. The number of alkyl halides is 3. The molecular formula is C13H12F3N3O. The van der Waals surface area contributed by atoms with E-state index in [9.17, 15) is 13.2 Å². The fraction of sp³-hybridized carbons (Fsp3) is 0.385. The maximum Gasteiger partial charge on any atom is 0.416 e. The van der Waals surface area contributed by atoms with Crippen LogP contribution in [0.2, 0.25) is 0 Å². The molecule has 0 saturated carbocycles. The minimum atomic E-state index is -4.39. The molecule has 0 bridgehead atoms. The fourth-order valence-corrected chi connectivity index (χ4v) is 2.51. The molecule has 0 aliphatic carbocycles. The van der Waals surface area contributed by atoms with Crippen LogP contribution in [0.4, 0.5) is 13.2 Å². The van der Waals surface area contributed by atoms with Gasteiger partial charge < -0.3 is 9.73 Å². The van der Waals surface area contributed by atoms with Crippen LogP contribution in [-0.2, 0) is 6.18 Å². The number of rotatable bonds is 2. The van der Waals surface area contributed by atoms with Gasteiger partial charge in [0.25, 0.3) is 0 Å². The zero-order valence-electron chi connectivity index (χ0n) is 10.4. The molecule has 4 nitrogen and oxygen atoms in total. The van der Waals surface area contributed by atoms with Crippen LogP contribution in [0.15, 0.2) is 29.0 Å². The Balaban J connectivity index is 2.07. The Morgan fingerprint density at radius 3 is 2.75 bits per heavy atom. The summed E-state index contributed by atoms with van der Waals surface area (Å²) in [6, 6.07) is 4.19. The van der Waals surface area contributed by atoms with Gasteiger partial charge in [0.05, 0.1) is 5.56 Å². The predicted molar refractivity (Wildman–Crippen MR) is 65.0 cm³/mol. The SMILES string of the molecule is FC(F)(F)c1cc(-c2nnco2)ccc1C1CCNC1. The largest absolute Gasteiger partial charge is 0.423 e. The van der Waals surface area contributed by atoms with Gasteiger partial charge in [-0.05, 0) is 36.6 Å². The van der Waals surface area contributed by atoms with Crippen molar-refractivity contribution in [3.63, 3.8) is 0 Å². The maximum atomic E-state index is 13.2. The summed E-state index contributed by atoms with van der Waals surface area (Å²) in [6.45, 7) is 1.32. The molecule has 1 aliphatic rings. The van der Waals surface area contributed by atoms with Crippen LogP contribution < -0.4 is 5.32 Å². The molecule has 1 aromatic heterocycles. The van der Waals surface area contributed by atoms with Crippen molar-refractivity contribution in [2.45, 2.75) is 18.5 Å². The summed E-state index contributed by atoms with van der Waals surface area (Å²) >= 11 is 0. The second-order valence-electron chi connectivity index (χ2n) is 4.73. The predicted octanol–water partition coefficient (Wildman–Crippen LogP) is 2.83. The van der Waals surface area contributed by atoms with Crippen LogP contribution in [0.5, 0.6) is 0 Å². The van der Waals surface area contributed by atoms with Crippen LogP contribution in [-0.4, -0.2) is 23.3 Å². The van der Waals surface area contributed by atoms with Crippen molar-refractivity contribution in [3.05, 3.63) is 35.7 Å². The Hall–Kier alpha value is -1.89. The van der Waals surface area contributed by atoms with Crippen molar-refractivity contribution in [1.82, 2.24) is 15.5 Å². The van der Waals surface area contributed by atoms with Gasteiger partial charge in [0, 0.05) is 12.1 Å². The molecule has 7 heteroatoms. The number of halogens is 3. The molecule has 1 fully saturated rings. The molecule has 0 amide bonds. The quantitative estimate of drug-likeness (QED) is 0.920. The van der Waals surface area contributed by atoms with Crippen LogP contribution >= 0.6 is 0 Å². The average molecular weight is 283 g/mol. The molecule has 1 aliphatic heterocycles. The molecule has 2 heterocycles. The van der Waals surface area contributed by atoms with Gasteiger partial charge in [0.2, 0.25) is 12.3 Å². The van der Waals surface area contributed by atoms with Crippen LogP contribution in [0.3, 0.4) is 0 Å². The summed E-state index contributed by atoms with van der Waals surface area (Å²) in [5.74, 6) is -0.0186. The van der Waals surface area contributed by atoms with Gasteiger partial charge in [-0.2, -0.15) is 13.2 Å². The minimum absolute atomic E-state index is 0.0894. The zero-order valence-corrected chi connectivity index (χ0v) is 10.4. The summed E-state index contributed by atoms with van der Waals surface area (Å²) in [5, 5.41) is 10.2. The highest BCUT2D eigenvalue weighted by atomic mass is 19.4. The summed E-state index contributed by atoms with van der Waals surface area (Å²) in [4.78, 5) is 0. The molecule has 2 aromatic rings. The van der Waals surface area contributed by atoms with Crippen molar-refractivity contribution < 1.29 is 17.6 Å². The van der Waals surface area contributed by atoms with E-state index in [1.54, 1.807) is 6.07 Å². The van der Waals surface area contributed by atoms with Crippen molar-refractivity contribution in [3.8, 4) is 11.5 Å². The summed E-state index contributed by atoms with van der Waals surface area (Å²) in [6.07, 6.45) is -2.59. The molecule has 0 radical (unpaired) electrons. The van der Waals surface area contributed by atoms with E-state index in [1.165, 1.54) is 6.07 Å². The van der Waals surface area contributed by atoms with Crippen molar-refractivity contribution in [2.75, 3.05) is 13.1 Å². The van der Waals surface area contributed by atoms with Gasteiger partial charge in [-0.3, -0.25) is 0 Å². The first-order valence-corrected chi connectivity index (χ1v) is 6.24. The van der Waals surface area contributed by atoms with Crippen molar-refractivity contribution in [1.29, 1.82) is 0 Å². The number of nitrogens with zero attached hydrogens (tertiary/aromatic N) is 2. The molecule has 1 saturated heterocycles. The first-order chi connectivity index (χ1) is 9.55. The number of aromatic nitrogens is 2. The van der Waals surface area contributed by atoms with Crippen LogP contribution in [0.25, 0.3) is 11.5 Å². The van der Waals surface area contributed by atoms with E-state index in [2.05, 4.69) is 15.5 Å². The van der Waals surface area contributed by atoms with E-state index in [4.69, 9.17) is 4.42 Å². The normalized spacial score (nSPS) is 19.4. The summed E-state index contributed by atoms with van der Waals surface area (Å²) in [5.41, 5.74) is -0.0165. The third-order valence-corrected chi connectivity index (χ3v) is 3.47. The number of benzene rings is 1. The van der Waals surface area contributed by atoms with Gasteiger partial charge in [-0.1, -0.05) is 6.07 Å². The van der Waals surface area contributed by atoms with Gasteiger partial charge >= 0.3 is 6.18 Å². The molecule has 1 N–H and O–H groups in total. The molecule has 3 rings (SSSR count). The van der Waals surface area contributed by atoms with Crippen LogP contribution in [0, 0.1) is 0 Å². The lowest BCUT2D eigenvalue weighted by Crippen LogP contribution is -2.14. The molecule has 20 heavy (non-hydrogen) atoms. The number of hydrogen-bond donors (Lipinski definition) is 1. The van der Waals surface area contributed by atoms with Gasteiger partial charge in [-0.25, -0.2) is 0 Å². The van der Waals surface area contributed by atoms with E-state index >= 15 is 0 Å².